The topological polar surface area (TPSA) is 117 Å². The number of phosphoric ester groups is 1. The molecular weight excluding hydrogens is 457 g/mol. The van der Waals surface area contributed by atoms with E-state index in [0.717, 1.165) is 51.4 Å². The van der Waals surface area contributed by atoms with Gasteiger partial charge in [0.25, 0.3) is 0 Å². The van der Waals surface area contributed by atoms with E-state index >= 15 is 0 Å². The third kappa shape index (κ3) is 22.5. The Balaban J connectivity index is 3.97. The van der Waals surface area contributed by atoms with Crippen LogP contribution in [0.2, 0.25) is 0 Å². The molecule has 34 heavy (non-hydrogen) atoms. The van der Waals surface area contributed by atoms with Gasteiger partial charge in [-0.25, -0.2) is 4.57 Å². The van der Waals surface area contributed by atoms with Crippen LogP contribution in [0.4, 0.5) is 0 Å². The SMILES string of the molecule is CC/C=C\C/C=C\C/C=C\CCCCCCOCC(COP(=O)(O)OCCN)OC(=O)CCC. The van der Waals surface area contributed by atoms with Crippen LogP contribution in [0, 0.1) is 0 Å². The second-order valence-electron chi connectivity index (χ2n) is 7.82. The third-order valence-electron chi connectivity index (χ3n) is 4.54. The Kier molecular flexibility index (Phi) is 22.6. The number of ether oxygens (including phenoxy) is 2. The van der Waals surface area contributed by atoms with Crippen molar-refractivity contribution in [2.24, 2.45) is 5.73 Å². The predicted molar refractivity (Wildman–Crippen MR) is 136 cm³/mol. The predicted octanol–water partition coefficient (Wildman–Crippen LogP) is 5.62. The van der Waals surface area contributed by atoms with Crippen molar-refractivity contribution in [2.45, 2.75) is 84.2 Å². The fourth-order valence-electron chi connectivity index (χ4n) is 2.81. The number of hydrogen-bond acceptors (Lipinski definition) is 7. The molecule has 0 aliphatic heterocycles. The van der Waals surface area contributed by atoms with Gasteiger partial charge in [-0.05, 0) is 44.9 Å². The summed E-state index contributed by atoms with van der Waals surface area (Å²) in [5, 5.41) is 0. The summed E-state index contributed by atoms with van der Waals surface area (Å²) in [5.74, 6) is -0.396. The quantitative estimate of drug-likeness (QED) is 0.0799. The summed E-state index contributed by atoms with van der Waals surface area (Å²) in [5.41, 5.74) is 5.26. The molecule has 3 N–H and O–H groups in total. The molecule has 9 heteroatoms. The van der Waals surface area contributed by atoms with Gasteiger partial charge in [0, 0.05) is 19.6 Å². The van der Waals surface area contributed by atoms with Gasteiger partial charge in [0.2, 0.25) is 0 Å². The van der Waals surface area contributed by atoms with E-state index in [-0.39, 0.29) is 32.8 Å². The summed E-state index contributed by atoms with van der Waals surface area (Å²) < 4.78 is 32.3. The molecule has 0 saturated carbocycles. The molecule has 0 heterocycles. The minimum atomic E-state index is -4.24. The largest absolute Gasteiger partial charge is 0.472 e. The van der Waals surface area contributed by atoms with Crippen LogP contribution in [0.1, 0.15) is 78.1 Å². The Labute approximate surface area is 206 Å². The molecule has 0 aliphatic rings. The molecule has 0 amide bonds. The van der Waals surface area contributed by atoms with E-state index in [1.165, 1.54) is 0 Å². The van der Waals surface area contributed by atoms with E-state index in [0.29, 0.717) is 13.0 Å². The van der Waals surface area contributed by atoms with Gasteiger partial charge in [-0.3, -0.25) is 13.8 Å². The first-order chi connectivity index (χ1) is 16.4. The summed E-state index contributed by atoms with van der Waals surface area (Å²) in [7, 11) is -4.24. The van der Waals surface area contributed by atoms with Crippen LogP contribution in [0.25, 0.3) is 0 Å². The zero-order valence-electron chi connectivity index (χ0n) is 21.1. The summed E-state index contributed by atoms with van der Waals surface area (Å²) in [6, 6.07) is 0. The zero-order chi connectivity index (χ0) is 25.3. The van der Waals surface area contributed by atoms with E-state index in [9.17, 15) is 14.3 Å². The molecule has 0 fully saturated rings. The maximum absolute atomic E-state index is 11.8. The van der Waals surface area contributed by atoms with Crippen LogP contribution in [0.5, 0.6) is 0 Å². The molecule has 0 aromatic heterocycles. The highest BCUT2D eigenvalue weighted by Gasteiger charge is 2.24. The Bertz CT molecular complexity index is 622. The molecule has 2 atom stereocenters. The standard InChI is InChI=1S/C25H46NO7P/c1-3-5-6-7-8-9-10-11-12-13-14-15-16-17-20-30-22-24(33-25(27)18-4-2)23-32-34(28,29)31-21-19-26/h5-6,8-9,11-12,24H,3-4,7,10,13-23,26H2,1-2H3,(H,28,29)/b6-5-,9-8-,12-11-. The summed E-state index contributed by atoms with van der Waals surface area (Å²) in [6.45, 7) is 4.32. The van der Waals surface area contributed by atoms with Crippen LogP contribution in [-0.2, 0) is 27.9 Å². The Morgan fingerprint density at radius 1 is 0.912 bits per heavy atom. The number of nitrogens with two attached hydrogens (primary N) is 1. The fourth-order valence-corrected chi connectivity index (χ4v) is 3.57. The number of esters is 1. The highest BCUT2D eigenvalue weighted by atomic mass is 31.2. The van der Waals surface area contributed by atoms with Crippen molar-refractivity contribution >= 4 is 13.8 Å². The highest BCUT2D eigenvalue weighted by molar-refractivity contribution is 7.47. The van der Waals surface area contributed by atoms with Crippen molar-refractivity contribution in [3.8, 4) is 0 Å². The monoisotopic (exact) mass is 503 g/mol. The van der Waals surface area contributed by atoms with Crippen LogP contribution >= 0.6 is 7.82 Å². The molecule has 0 saturated heterocycles. The molecule has 0 aromatic rings. The fraction of sp³-hybridized carbons (Fsp3) is 0.720. The molecular formula is C25H46NO7P. The normalized spacial score (nSPS) is 14.8. The average molecular weight is 504 g/mol. The lowest BCUT2D eigenvalue weighted by molar-refractivity contribution is -0.154. The van der Waals surface area contributed by atoms with Crippen LogP contribution in [-0.4, -0.2) is 49.9 Å². The average Bonchev–Trinajstić information content (AvgIpc) is 2.81. The smallest absolute Gasteiger partial charge is 0.457 e. The number of phosphoric acid groups is 1. The molecule has 0 rings (SSSR count). The van der Waals surface area contributed by atoms with Crippen LogP contribution in [0.3, 0.4) is 0 Å². The first-order valence-electron chi connectivity index (χ1n) is 12.5. The number of hydrogen-bond donors (Lipinski definition) is 2. The molecule has 0 aromatic carbocycles. The minimum Gasteiger partial charge on any atom is -0.457 e. The van der Waals surface area contributed by atoms with Gasteiger partial charge < -0.3 is 20.1 Å². The molecule has 0 bridgehead atoms. The lowest BCUT2D eigenvalue weighted by Crippen LogP contribution is -2.28. The van der Waals surface area contributed by atoms with Crippen molar-refractivity contribution in [3.05, 3.63) is 36.5 Å². The Morgan fingerprint density at radius 2 is 1.59 bits per heavy atom. The lowest BCUT2D eigenvalue weighted by Gasteiger charge is -2.19. The third-order valence-corrected chi connectivity index (χ3v) is 5.53. The van der Waals surface area contributed by atoms with E-state index < -0.39 is 19.9 Å². The first-order valence-corrected chi connectivity index (χ1v) is 14.0. The van der Waals surface area contributed by atoms with Crippen molar-refractivity contribution in [1.82, 2.24) is 0 Å². The van der Waals surface area contributed by atoms with Crippen molar-refractivity contribution in [1.29, 1.82) is 0 Å². The number of carbonyl (C=O) groups is 1. The second kappa shape index (κ2) is 23.5. The summed E-state index contributed by atoms with van der Waals surface area (Å²) in [4.78, 5) is 21.4. The minimum absolute atomic E-state index is 0.0940. The molecule has 8 nitrogen and oxygen atoms in total. The molecule has 198 valence electrons. The summed E-state index contributed by atoms with van der Waals surface area (Å²) >= 11 is 0. The van der Waals surface area contributed by atoms with E-state index in [1.807, 2.05) is 6.92 Å². The van der Waals surface area contributed by atoms with Gasteiger partial charge in [0.15, 0.2) is 0 Å². The Morgan fingerprint density at radius 3 is 2.26 bits per heavy atom. The number of rotatable bonds is 23. The van der Waals surface area contributed by atoms with Crippen LogP contribution in [0.15, 0.2) is 36.5 Å². The second-order valence-corrected chi connectivity index (χ2v) is 9.27. The number of carbonyl (C=O) groups excluding carboxylic acids is 1. The van der Waals surface area contributed by atoms with Gasteiger partial charge in [-0.15, -0.1) is 0 Å². The van der Waals surface area contributed by atoms with Gasteiger partial charge in [-0.1, -0.05) is 63.1 Å². The first kappa shape index (κ1) is 32.7. The Hall–Kier alpha value is -1.28. The maximum atomic E-state index is 11.8. The van der Waals surface area contributed by atoms with Crippen molar-refractivity contribution in [3.63, 3.8) is 0 Å². The highest BCUT2D eigenvalue weighted by Crippen LogP contribution is 2.43. The molecule has 0 radical (unpaired) electrons. The van der Waals surface area contributed by atoms with Gasteiger partial charge >= 0.3 is 13.8 Å². The van der Waals surface area contributed by atoms with Crippen molar-refractivity contribution in [2.75, 3.05) is 33.0 Å². The molecule has 0 spiro atoms. The van der Waals surface area contributed by atoms with E-state index in [1.54, 1.807) is 0 Å². The van der Waals surface area contributed by atoms with Gasteiger partial charge in [0.05, 0.1) is 19.8 Å². The molecule has 2 unspecified atom stereocenters. The molecule has 0 aliphatic carbocycles. The number of unbranched alkanes of at least 4 members (excludes halogenated alkanes) is 4. The van der Waals surface area contributed by atoms with Crippen LogP contribution < -0.4 is 5.73 Å². The van der Waals surface area contributed by atoms with Gasteiger partial charge in [-0.2, -0.15) is 0 Å². The summed E-state index contributed by atoms with van der Waals surface area (Å²) in [6.07, 6.45) is 21.7. The van der Waals surface area contributed by atoms with E-state index in [2.05, 4.69) is 47.9 Å². The van der Waals surface area contributed by atoms with Crippen molar-refractivity contribution < 1.29 is 32.8 Å². The number of allylic oxidation sites excluding steroid dienone is 6. The lowest BCUT2D eigenvalue weighted by atomic mass is 10.1. The van der Waals surface area contributed by atoms with Gasteiger partial charge in [0.1, 0.15) is 6.10 Å². The maximum Gasteiger partial charge on any atom is 0.472 e. The zero-order valence-corrected chi connectivity index (χ0v) is 22.0. The van der Waals surface area contributed by atoms with E-state index in [4.69, 9.17) is 19.7 Å².